The minimum Gasteiger partial charge on any atom is -0.467 e. The number of benzene rings is 4. The number of methoxy groups -OCH3 is 1. The van der Waals surface area contributed by atoms with Crippen molar-refractivity contribution in [2.75, 3.05) is 7.11 Å². The Kier molecular flexibility index (Phi) is 5.49. The van der Waals surface area contributed by atoms with Crippen molar-refractivity contribution in [2.24, 2.45) is 0 Å². The van der Waals surface area contributed by atoms with Gasteiger partial charge in [-0.25, -0.2) is 4.79 Å². The summed E-state index contributed by atoms with van der Waals surface area (Å²) in [6, 6.07) is 32.5. The summed E-state index contributed by atoms with van der Waals surface area (Å²) in [7, 11) is 1.37. The number of nitrogens with zero attached hydrogens (tertiary/aromatic N) is 1. The van der Waals surface area contributed by atoms with Crippen LogP contribution in [0.5, 0.6) is 0 Å². The van der Waals surface area contributed by atoms with Gasteiger partial charge >= 0.3 is 5.97 Å². The van der Waals surface area contributed by atoms with Gasteiger partial charge in [0, 0.05) is 12.1 Å². The van der Waals surface area contributed by atoms with Crippen LogP contribution in [0.3, 0.4) is 0 Å². The maximum absolute atomic E-state index is 13.8. The zero-order chi connectivity index (χ0) is 22.8. The highest BCUT2D eigenvalue weighted by molar-refractivity contribution is 6.33. The Bertz CT molecular complexity index is 1360. The van der Waals surface area contributed by atoms with Crippen molar-refractivity contribution < 1.29 is 14.3 Å². The van der Waals surface area contributed by atoms with Crippen LogP contribution in [0.4, 0.5) is 0 Å². The van der Waals surface area contributed by atoms with E-state index in [-0.39, 0.29) is 5.91 Å². The number of amides is 1. The number of fused-ring (bicyclic) bond motifs is 1. The van der Waals surface area contributed by atoms with E-state index in [1.807, 2.05) is 91.0 Å². The molecule has 0 radical (unpaired) electrons. The maximum atomic E-state index is 13.8. The lowest BCUT2D eigenvalue weighted by atomic mass is 9.93. The summed E-state index contributed by atoms with van der Waals surface area (Å²) in [6.45, 7) is 0.302. The standard InChI is InChI=1S/C29H23NO3/c1-33-29(32)27-25(22-11-4-2-5-12-22)26(23-13-6-3-7-14-23)28(31)30(27)19-20-16-17-21-10-8-9-15-24(21)18-20/h2-18,27H,19H2,1H3. The number of ether oxygens (including phenoxy) is 1. The summed E-state index contributed by atoms with van der Waals surface area (Å²) in [5.41, 5.74) is 3.80. The molecule has 5 rings (SSSR count). The van der Waals surface area contributed by atoms with Gasteiger partial charge in [0.05, 0.1) is 12.7 Å². The minimum absolute atomic E-state index is 0.177. The highest BCUT2D eigenvalue weighted by atomic mass is 16.5. The third-order valence-electron chi connectivity index (χ3n) is 6.07. The van der Waals surface area contributed by atoms with Gasteiger partial charge in [0.1, 0.15) is 0 Å². The molecule has 1 unspecified atom stereocenters. The molecular formula is C29H23NO3. The van der Waals surface area contributed by atoms with Crippen LogP contribution in [0.15, 0.2) is 103 Å². The van der Waals surface area contributed by atoms with Crippen molar-refractivity contribution in [2.45, 2.75) is 12.6 Å². The molecule has 0 aliphatic carbocycles. The van der Waals surface area contributed by atoms with Gasteiger partial charge < -0.3 is 9.64 Å². The lowest BCUT2D eigenvalue weighted by Gasteiger charge is -2.25. The van der Waals surface area contributed by atoms with Crippen molar-refractivity contribution >= 4 is 33.8 Å². The lowest BCUT2D eigenvalue weighted by Crippen LogP contribution is -2.41. The molecule has 0 saturated heterocycles. The number of hydrogen-bond donors (Lipinski definition) is 0. The Morgan fingerprint density at radius 1 is 0.788 bits per heavy atom. The predicted octanol–water partition coefficient (Wildman–Crippen LogP) is 5.33. The average molecular weight is 434 g/mol. The quantitative estimate of drug-likeness (QED) is 0.400. The van der Waals surface area contributed by atoms with Crippen LogP contribution in [-0.2, 0) is 20.9 Å². The molecule has 4 aromatic carbocycles. The first-order valence-electron chi connectivity index (χ1n) is 10.9. The first-order valence-corrected chi connectivity index (χ1v) is 10.9. The Balaban J connectivity index is 1.64. The topological polar surface area (TPSA) is 46.6 Å². The molecule has 4 nitrogen and oxygen atoms in total. The first-order chi connectivity index (χ1) is 16.2. The number of carbonyl (C=O) groups excluding carboxylic acids is 2. The van der Waals surface area contributed by atoms with E-state index in [0.717, 1.165) is 27.5 Å². The molecule has 0 N–H and O–H groups in total. The van der Waals surface area contributed by atoms with Gasteiger partial charge in [-0.2, -0.15) is 0 Å². The van der Waals surface area contributed by atoms with Crippen LogP contribution in [0.25, 0.3) is 21.9 Å². The zero-order valence-corrected chi connectivity index (χ0v) is 18.3. The summed E-state index contributed by atoms with van der Waals surface area (Å²) >= 11 is 0. The zero-order valence-electron chi connectivity index (χ0n) is 18.3. The van der Waals surface area contributed by atoms with Crippen LogP contribution >= 0.6 is 0 Å². The fourth-order valence-electron chi connectivity index (χ4n) is 4.53. The summed E-state index contributed by atoms with van der Waals surface area (Å²) < 4.78 is 5.19. The molecule has 4 heteroatoms. The Morgan fingerprint density at radius 3 is 2.06 bits per heavy atom. The highest BCUT2D eigenvalue weighted by Gasteiger charge is 2.44. The molecule has 1 amide bonds. The van der Waals surface area contributed by atoms with Gasteiger partial charge in [-0.3, -0.25) is 4.79 Å². The lowest BCUT2D eigenvalue weighted by molar-refractivity contribution is -0.148. The molecule has 0 spiro atoms. The SMILES string of the molecule is COC(=O)C1C(c2ccccc2)=C(c2ccccc2)C(=O)N1Cc1ccc2ccccc2c1. The van der Waals surface area contributed by atoms with Crippen molar-refractivity contribution in [1.82, 2.24) is 4.90 Å². The predicted molar refractivity (Wildman–Crippen MR) is 130 cm³/mol. The molecule has 1 aliphatic heterocycles. The monoisotopic (exact) mass is 433 g/mol. The van der Waals surface area contributed by atoms with E-state index in [4.69, 9.17) is 4.74 Å². The summed E-state index contributed by atoms with van der Waals surface area (Å²) in [5.74, 6) is -0.627. The fourth-order valence-corrected chi connectivity index (χ4v) is 4.53. The fraction of sp³-hybridized carbons (Fsp3) is 0.103. The van der Waals surface area contributed by atoms with Crippen molar-refractivity contribution in [1.29, 1.82) is 0 Å². The van der Waals surface area contributed by atoms with E-state index in [9.17, 15) is 9.59 Å². The van der Waals surface area contributed by atoms with E-state index in [1.165, 1.54) is 7.11 Å². The Morgan fingerprint density at radius 2 is 1.39 bits per heavy atom. The maximum Gasteiger partial charge on any atom is 0.333 e. The summed E-state index contributed by atoms with van der Waals surface area (Å²) in [4.78, 5) is 28.6. The third kappa shape index (κ3) is 3.80. The normalized spacial score (nSPS) is 15.8. The third-order valence-corrected chi connectivity index (χ3v) is 6.07. The van der Waals surface area contributed by atoms with Crippen LogP contribution in [0.2, 0.25) is 0 Å². The number of esters is 1. The van der Waals surface area contributed by atoms with Gasteiger partial charge in [-0.05, 0) is 33.5 Å². The molecule has 0 saturated carbocycles. The molecule has 1 atom stereocenters. The minimum atomic E-state index is -0.827. The number of carbonyl (C=O) groups is 2. The molecule has 1 heterocycles. The van der Waals surface area contributed by atoms with Gasteiger partial charge in [0.15, 0.2) is 6.04 Å². The molecule has 0 fully saturated rings. The second-order valence-corrected chi connectivity index (χ2v) is 8.06. The van der Waals surface area contributed by atoms with Crippen LogP contribution in [-0.4, -0.2) is 29.9 Å². The molecule has 4 aromatic rings. The van der Waals surface area contributed by atoms with Gasteiger partial charge in [0.25, 0.3) is 5.91 Å². The van der Waals surface area contributed by atoms with Crippen LogP contribution < -0.4 is 0 Å². The largest absolute Gasteiger partial charge is 0.467 e. The Hall–Kier alpha value is -4.18. The van der Waals surface area contributed by atoms with E-state index in [2.05, 4.69) is 12.1 Å². The Labute approximate surface area is 192 Å². The molecule has 0 bridgehead atoms. The molecule has 162 valence electrons. The second-order valence-electron chi connectivity index (χ2n) is 8.06. The van der Waals surface area contributed by atoms with Gasteiger partial charge in [0.2, 0.25) is 0 Å². The summed E-state index contributed by atoms with van der Waals surface area (Å²) in [5, 5.41) is 2.22. The smallest absolute Gasteiger partial charge is 0.333 e. The van der Waals surface area contributed by atoms with E-state index in [0.29, 0.717) is 17.7 Å². The van der Waals surface area contributed by atoms with Crippen LogP contribution in [0.1, 0.15) is 16.7 Å². The number of rotatable bonds is 5. The van der Waals surface area contributed by atoms with Crippen molar-refractivity contribution in [3.8, 4) is 0 Å². The number of hydrogen-bond acceptors (Lipinski definition) is 3. The van der Waals surface area contributed by atoms with Crippen molar-refractivity contribution in [3.05, 3.63) is 120 Å². The molecule has 1 aliphatic rings. The second kappa shape index (κ2) is 8.75. The van der Waals surface area contributed by atoms with E-state index < -0.39 is 12.0 Å². The molecule has 33 heavy (non-hydrogen) atoms. The van der Waals surface area contributed by atoms with Gasteiger partial charge in [-0.15, -0.1) is 0 Å². The highest BCUT2D eigenvalue weighted by Crippen LogP contribution is 2.40. The summed E-state index contributed by atoms with van der Waals surface area (Å²) in [6.07, 6.45) is 0. The van der Waals surface area contributed by atoms with Gasteiger partial charge in [-0.1, -0.05) is 97.1 Å². The van der Waals surface area contributed by atoms with E-state index in [1.54, 1.807) is 4.90 Å². The van der Waals surface area contributed by atoms with E-state index >= 15 is 0 Å². The average Bonchev–Trinajstić information content (AvgIpc) is 3.16. The van der Waals surface area contributed by atoms with Crippen LogP contribution in [0, 0.1) is 0 Å². The van der Waals surface area contributed by atoms with Crippen molar-refractivity contribution in [3.63, 3.8) is 0 Å². The molecular weight excluding hydrogens is 410 g/mol. The first kappa shape index (κ1) is 20.7. The molecule has 0 aromatic heterocycles.